The summed E-state index contributed by atoms with van der Waals surface area (Å²) in [5.41, 5.74) is -0.0909. The van der Waals surface area contributed by atoms with E-state index in [2.05, 4.69) is 19.2 Å². The predicted molar refractivity (Wildman–Crippen MR) is 69.8 cm³/mol. The molecule has 1 N–H and O–H groups in total. The highest BCUT2D eigenvalue weighted by Gasteiger charge is 2.28. The number of benzene rings is 1. The van der Waals surface area contributed by atoms with Crippen LogP contribution in [0.4, 0.5) is 8.78 Å². The van der Waals surface area contributed by atoms with Gasteiger partial charge in [0.05, 0.1) is 5.56 Å². The van der Waals surface area contributed by atoms with Crippen molar-refractivity contribution in [1.29, 1.82) is 0 Å². The van der Waals surface area contributed by atoms with E-state index in [1.54, 1.807) is 0 Å². The van der Waals surface area contributed by atoms with Gasteiger partial charge < -0.3 is 5.32 Å². The van der Waals surface area contributed by atoms with Gasteiger partial charge in [-0.15, -0.1) is 0 Å². The summed E-state index contributed by atoms with van der Waals surface area (Å²) in [5.74, 6) is -1.01. The first-order valence-corrected chi connectivity index (χ1v) is 6.75. The Kier molecular flexibility index (Phi) is 4.17. The average molecular weight is 267 g/mol. The van der Waals surface area contributed by atoms with E-state index >= 15 is 0 Å². The smallest absolute Gasteiger partial charge is 0.254 e. The molecule has 19 heavy (non-hydrogen) atoms. The molecule has 0 spiro atoms. The average Bonchev–Trinajstić information content (AvgIpc) is 2.34. The maximum Gasteiger partial charge on any atom is 0.254 e. The van der Waals surface area contributed by atoms with Crippen LogP contribution in [0, 0.1) is 23.5 Å². The lowest BCUT2D eigenvalue weighted by Gasteiger charge is -2.34. The molecule has 1 aromatic carbocycles. The summed E-state index contributed by atoms with van der Waals surface area (Å²) in [6.45, 7) is 4.28. The van der Waals surface area contributed by atoms with Crippen molar-refractivity contribution in [2.75, 3.05) is 0 Å². The molecule has 1 aliphatic rings. The van der Waals surface area contributed by atoms with Crippen LogP contribution < -0.4 is 5.32 Å². The second kappa shape index (κ2) is 5.68. The van der Waals surface area contributed by atoms with E-state index in [-0.39, 0.29) is 11.6 Å². The highest BCUT2D eigenvalue weighted by molar-refractivity contribution is 5.94. The monoisotopic (exact) mass is 267 g/mol. The fourth-order valence-electron chi connectivity index (χ4n) is 2.71. The van der Waals surface area contributed by atoms with E-state index in [0.29, 0.717) is 11.8 Å². The molecule has 0 radical (unpaired) electrons. The van der Waals surface area contributed by atoms with Crippen molar-refractivity contribution in [3.63, 3.8) is 0 Å². The molecule has 3 atom stereocenters. The Hall–Kier alpha value is -1.45. The van der Waals surface area contributed by atoms with Crippen molar-refractivity contribution in [1.82, 2.24) is 5.32 Å². The maximum absolute atomic E-state index is 13.5. The first-order valence-electron chi connectivity index (χ1n) is 6.75. The number of rotatable bonds is 2. The zero-order valence-corrected chi connectivity index (χ0v) is 11.2. The quantitative estimate of drug-likeness (QED) is 0.872. The largest absolute Gasteiger partial charge is 0.349 e. The molecule has 2 nitrogen and oxygen atoms in total. The molecule has 1 amide bonds. The summed E-state index contributed by atoms with van der Waals surface area (Å²) in [4.78, 5) is 12.0. The fourth-order valence-corrected chi connectivity index (χ4v) is 2.71. The number of carbonyl (C=O) groups is 1. The molecule has 1 aromatic rings. The minimum atomic E-state index is -0.811. The van der Waals surface area contributed by atoms with E-state index in [1.165, 1.54) is 12.5 Å². The highest BCUT2D eigenvalue weighted by Crippen LogP contribution is 2.29. The number of amides is 1. The van der Waals surface area contributed by atoms with Crippen molar-refractivity contribution in [2.24, 2.45) is 11.8 Å². The summed E-state index contributed by atoms with van der Waals surface area (Å²) >= 11 is 0. The molecule has 0 bridgehead atoms. The molecule has 0 aromatic heterocycles. The number of hydrogen-bond acceptors (Lipinski definition) is 1. The van der Waals surface area contributed by atoms with E-state index < -0.39 is 17.5 Å². The van der Waals surface area contributed by atoms with Gasteiger partial charge in [-0.25, -0.2) is 8.78 Å². The first kappa shape index (κ1) is 14.0. The Morgan fingerprint density at radius 3 is 2.68 bits per heavy atom. The lowest BCUT2D eigenvalue weighted by Crippen LogP contribution is -2.43. The van der Waals surface area contributed by atoms with Crippen LogP contribution >= 0.6 is 0 Å². The lowest BCUT2D eigenvalue weighted by molar-refractivity contribution is 0.0887. The second-order valence-corrected chi connectivity index (χ2v) is 5.47. The van der Waals surface area contributed by atoms with Gasteiger partial charge in [0, 0.05) is 12.1 Å². The molecule has 1 aliphatic carbocycles. The Balaban J connectivity index is 2.08. The number of hydrogen-bond donors (Lipinski definition) is 1. The molecule has 4 heteroatoms. The van der Waals surface area contributed by atoms with Crippen molar-refractivity contribution in [3.8, 4) is 0 Å². The summed E-state index contributed by atoms with van der Waals surface area (Å²) in [5, 5.41) is 2.87. The molecule has 1 fully saturated rings. The zero-order valence-electron chi connectivity index (χ0n) is 11.2. The molecule has 0 saturated heterocycles. The molecule has 0 aliphatic heterocycles. The van der Waals surface area contributed by atoms with Gasteiger partial charge in [0.2, 0.25) is 0 Å². The topological polar surface area (TPSA) is 29.1 Å². The molecule has 2 rings (SSSR count). The normalized spacial score (nSPS) is 27.1. The number of halogens is 2. The Labute approximate surface area is 112 Å². The van der Waals surface area contributed by atoms with Gasteiger partial charge in [0.15, 0.2) is 0 Å². The molecule has 104 valence electrons. The van der Waals surface area contributed by atoms with Crippen LogP contribution in [-0.4, -0.2) is 11.9 Å². The van der Waals surface area contributed by atoms with E-state index in [4.69, 9.17) is 0 Å². The van der Waals surface area contributed by atoms with Crippen LogP contribution in [0.3, 0.4) is 0 Å². The van der Waals surface area contributed by atoms with Gasteiger partial charge >= 0.3 is 0 Å². The van der Waals surface area contributed by atoms with Crippen molar-refractivity contribution >= 4 is 5.91 Å². The van der Waals surface area contributed by atoms with Gasteiger partial charge in [0.25, 0.3) is 5.91 Å². The Morgan fingerprint density at radius 2 is 2.00 bits per heavy atom. The van der Waals surface area contributed by atoms with Gasteiger partial charge in [-0.3, -0.25) is 4.79 Å². The number of nitrogens with one attached hydrogen (secondary N) is 1. The van der Waals surface area contributed by atoms with Crippen LogP contribution in [-0.2, 0) is 0 Å². The van der Waals surface area contributed by atoms with Gasteiger partial charge in [-0.05, 0) is 30.4 Å². The van der Waals surface area contributed by atoms with Gasteiger partial charge in [-0.2, -0.15) is 0 Å². The third kappa shape index (κ3) is 3.11. The first-order chi connectivity index (χ1) is 8.99. The standard InChI is InChI=1S/C15H19F2NO/c1-9-4-3-5-14(10(9)2)18-15(19)12-7-6-11(16)8-13(12)17/h6-10,14H,3-5H2,1-2H3,(H,18,19)/t9-,10+,14+/m1/s1. The van der Waals surface area contributed by atoms with Gasteiger partial charge in [-0.1, -0.05) is 26.7 Å². The second-order valence-electron chi connectivity index (χ2n) is 5.47. The third-order valence-corrected chi connectivity index (χ3v) is 4.20. The maximum atomic E-state index is 13.5. The predicted octanol–water partition coefficient (Wildman–Crippen LogP) is 3.52. The molecule has 0 heterocycles. The van der Waals surface area contributed by atoms with Crippen LogP contribution in [0.25, 0.3) is 0 Å². The fraction of sp³-hybridized carbons (Fsp3) is 0.533. The van der Waals surface area contributed by atoms with E-state index in [1.807, 2.05) is 0 Å². The molecule has 1 saturated carbocycles. The third-order valence-electron chi connectivity index (χ3n) is 4.20. The highest BCUT2D eigenvalue weighted by atomic mass is 19.1. The van der Waals surface area contributed by atoms with Crippen molar-refractivity contribution in [3.05, 3.63) is 35.4 Å². The van der Waals surface area contributed by atoms with Crippen LogP contribution in [0.1, 0.15) is 43.5 Å². The minimum absolute atomic E-state index is 0.0701. The Bertz CT molecular complexity index is 475. The molecule has 0 unspecified atom stereocenters. The summed E-state index contributed by atoms with van der Waals surface area (Å²) in [7, 11) is 0. The van der Waals surface area contributed by atoms with Crippen LogP contribution in [0.2, 0.25) is 0 Å². The minimum Gasteiger partial charge on any atom is -0.349 e. The van der Waals surface area contributed by atoms with Crippen molar-refractivity contribution < 1.29 is 13.6 Å². The SMILES string of the molecule is C[C@H]1[C@H](C)CCC[C@@H]1NC(=O)c1ccc(F)cc1F. The lowest BCUT2D eigenvalue weighted by atomic mass is 9.78. The molecular weight excluding hydrogens is 248 g/mol. The Morgan fingerprint density at radius 1 is 1.26 bits per heavy atom. The van der Waals surface area contributed by atoms with Crippen molar-refractivity contribution in [2.45, 2.75) is 39.2 Å². The van der Waals surface area contributed by atoms with E-state index in [0.717, 1.165) is 25.0 Å². The molecular formula is C15H19F2NO. The summed E-state index contributed by atoms with van der Waals surface area (Å²) in [6, 6.07) is 3.10. The van der Waals surface area contributed by atoms with Gasteiger partial charge in [0.1, 0.15) is 11.6 Å². The van der Waals surface area contributed by atoms with Crippen LogP contribution in [0.15, 0.2) is 18.2 Å². The van der Waals surface area contributed by atoms with Crippen LogP contribution in [0.5, 0.6) is 0 Å². The summed E-state index contributed by atoms with van der Waals surface area (Å²) in [6.07, 6.45) is 3.15. The summed E-state index contributed by atoms with van der Waals surface area (Å²) < 4.78 is 26.3. The zero-order chi connectivity index (χ0) is 14.0. The number of carbonyl (C=O) groups excluding carboxylic acids is 1. The van der Waals surface area contributed by atoms with E-state index in [9.17, 15) is 13.6 Å².